The second kappa shape index (κ2) is 16.6. The van der Waals surface area contributed by atoms with Crippen LogP contribution in [0.3, 0.4) is 0 Å². The molecule has 4 aromatic carbocycles. The molecule has 2 fully saturated rings. The number of hydrogen-bond donors (Lipinski definition) is 2. The molecule has 1 aromatic heterocycles. The van der Waals surface area contributed by atoms with Crippen LogP contribution in [0.5, 0.6) is 17.2 Å². The normalized spacial score (nSPS) is 20.1. The van der Waals surface area contributed by atoms with Crippen LogP contribution in [-0.4, -0.2) is 88.3 Å². The Morgan fingerprint density at radius 2 is 1.66 bits per heavy atom. The van der Waals surface area contributed by atoms with Crippen LogP contribution in [0, 0.1) is 0 Å². The first-order valence-electron chi connectivity index (χ1n) is 19.8. The number of benzene rings is 4. The van der Waals surface area contributed by atoms with Crippen LogP contribution in [0.1, 0.15) is 77.8 Å². The lowest BCUT2D eigenvalue weighted by molar-refractivity contribution is -0.135. The molecule has 0 saturated carbocycles. The summed E-state index contributed by atoms with van der Waals surface area (Å²) in [5, 5.41) is 18.0. The van der Waals surface area contributed by atoms with Crippen LogP contribution >= 0.6 is 0 Å². The largest absolute Gasteiger partial charge is 0.508 e. The van der Waals surface area contributed by atoms with Crippen LogP contribution in [0.15, 0.2) is 91.0 Å². The number of rotatable bonds is 12. The van der Waals surface area contributed by atoms with Gasteiger partial charge in [0.15, 0.2) is 6.61 Å². The Balaban J connectivity index is 0.779. The van der Waals surface area contributed by atoms with Crippen LogP contribution in [-0.2, 0) is 27.9 Å². The van der Waals surface area contributed by atoms with Crippen LogP contribution in [0.4, 0.5) is 0 Å². The van der Waals surface area contributed by atoms with Gasteiger partial charge in [0.25, 0.3) is 5.91 Å². The highest BCUT2D eigenvalue weighted by atomic mass is 16.5. The Kier molecular flexibility index (Phi) is 11.0. The Labute approximate surface area is 327 Å². The third-order valence-corrected chi connectivity index (χ3v) is 11.7. The molecule has 0 bridgehead atoms. The third-order valence-electron chi connectivity index (χ3n) is 11.7. The number of piperidine rings is 1. The second-order valence-electron chi connectivity index (χ2n) is 15.2. The zero-order valence-electron chi connectivity index (χ0n) is 31.9. The molecule has 3 atom stereocenters. The van der Waals surface area contributed by atoms with Crippen molar-refractivity contribution in [2.24, 2.45) is 7.05 Å². The zero-order valence-corrected chi connectivity index (χ0v) is 31.9. The van der Waals surface area contributed by atoms with E-state index >= 15 is 0 Å². The van der Waals surface area contributed by atoms with Gasteiger partial charge in [-0.2, -0.15) is 5.10 Å². The fourth-order valence-corrected chi connectivity index (χ4v) is 8.78. The van der Waals surface area contributed by atoms with E-state index in [1.54, 1.807) is 11.7 Å². The first-order chi connectivity index (χ1) is 27.3. The fourth-order valence-electron chi connectivity index (χ4n) is 8.78. The molecule has 0 spiro atoms. The number of fused-ring (bicyclic) bond motifs is 2. The molecule has 8 rings (SSSR count). The van der Waals surface area contributed by atoms with Crippen molar-refractivity contribution in [2.45, 2.75) is 56.3 Å². The summed E-state index contributed by atoms with van der Waals surface area (Å²) >= 11 is 0. The van der Waals surface area contributed by atoms with Crippen molar-refractivity contribution >= 4 is 28.6 Å². The molecule has 1 aliphatic carbocycles. The Morgan fingerprint density at radius 3 is 2.45 bits per heavy atom. The van der Waals surface area contributed by atoms with Gasteiger partial charge in [-0.05, 0) is 97.2 Å². The number of para-hydroxylation sites is 1. The average Bonchev–Trinajstić information content (AvgIpc) is 3.56. The minimum absolute atomic E-state index is 0.0591. The molecule has 0 radical (unpaired) electrons. The SMILES string of the molecule is Cn1nc(C2CCC(=O)NC2=O)c2cccc(OCC(=O)N3CCN(CCCCOc4ccc([C@@H]5c6ccc(O)cc6CC[C@@H]5c5ccccc5)cc4)CC3)c21. The predicted octanol–water partition coefficient (Wildman–Crippen LogP) is 6.04. The maximum atomic E-state index is 13.2. The number of carbonyl (C=O) groups is 3. The van der Waals surface area contributed by atoms with Gasteiger partial charge in [-0.1, -0.05) is 60.7 Å². The highest BCUT2D eigenvalue weighted by Crippen LogP contribution is 2.47. The minimum Gasteiger partial charge on any atom is -0.508 e. The topological polar surface area (TPSA) is 126 Å². The van der Waals surface area contributed by atoms with Crippen molar-refractivity contribution in [3.63, 3.8) is 0 Å². The van der Waals surface area contributed by atoms with E-state index in [2.05, 4.69) is 76.0 Å². The van der Waals surface area contributed by atoms with E-state index < -0.39 is 5.92 Å². The molecule has 56 heavy (non-hydrogen) atoms. The van der Waals surface area contributed by atoms with Crippen molar-refractivity contribution in [1.29, 1.82) is 0 Å². The number of phenolic OH excluding ortho intramolecular Hbond substituents is 1. The fraction of sp³-hybridized carbons (Fsp3) is 0.378. The lowest BCUT2D eigenvalue weighted by Crippen LogP contribution is -2.50. The van der Waals surface area contributed by atoms with Gasteiger partial charge in [0.1, 0.15) is 22.8 Å². The lowest BCUT2D eigenvalue weighted by Gasteiger charge is -2.35. The van der Waals surface area contributed by atoms with Crippen LogP contribution < -0.4 is 14.8 Å². The van der Waals surface area contributed by atoms with E-state index in [4.69, 9.17) is 9.47 Å². The molecule has 5 aromatic rings. The second-order valence-corrected chi connectivity index (χ2v) is 15.2. The maximum absolute atomic E-state index is 13.2. The zero-order chi connectivity index (χ0) is 38.6. The van der Waals surface area contributed by atoms with Gasteiger partial charge < -0.3 is 19.5 Å². The number of aromatic nitrogens is 2. The standard InChI is InChI=1S/C45H49N5O6/c1-48-44-37(43(47-48)38-20-21-40(52)46-45(38)54)10-7-11-39(44)56-29-41(53)50-25-23-49(24-26-50)22-5-6-27-55-34-16-12-31(13-17-34)42-35(30-8-3-2-4-9-30)18-14-32-28-33(51)15-19-36(32)42/h2-4,7-13,15-17,19,28,35,38,42,51H,5-6,14,18,20-27,29H2,1H3,(H,46,52,54)/t35-,38?,42+/m1/s1. The molecule has 3 aliphatic rings. The van der Waals surface area contributed by atoms with E-state index in [1.807, 2.05) is 35.2 Å². The number of aryl methyl sites for hydroxylation is 2. The number of ether oxygens (including phenoxy) is 2. The van der Waals surface area contributed by atoms with E-state index in [1.165, 1.54) is 22.3 Å². The molecule has 3 amide bonds. The smallest absolute Gasteiger partial charge is 0.260 e. The first kappa shape index (κ1) is 37.3. The van der Waals surface area contributed by atoms with Crippen LogP contribution in [0.2, 0.25) is 0 Å². The maximum Gasteiger partial charge on any atom is 0.260 e. The summed E-state index contributed by atoms with van der Waals surface area (Å²) < 4.78 is 13.9. The van der Waals surface area contributed by atoms with E-state index in [0.29, 0.717) is 49.2 Å². The van der Waals surface area contributed by atoms with E-state index in [-0.39, 0.29) is 36.7 Å². The van der Waals surface area contributed by atoms with E-state index in [9.17, 15) is 19.5 Å². The highest BCUT2D eigenvalue weighted by molar-refractivity contribution is 6.03. The van der Waals surface area contributed by atoms with Crippen molar-refractivity contribution < 1.29 is 29.0 Å². The average molecular weight is 756 g/mol. The summed E-state index contributed by atoms with van der Waals surface area (Å²) in [5.74, 6) is 1.15. The number of piperazine rings is 1. The Bertz CT molecular complexity index is 2190. The van der Waals surface area contributed by atoms with Gasteiger partial charge in [0.2, 0.25) is 11.8 Å². The molecule has 3 heterocycles. The molecule has 2 saturated heterocycles. The summed E-state index contributed by atoms with van der Waals surface area (Å²) in [6.07, 6.45) is 4.62. The first-order valence-corrected chi connectivity index (χ1v) is 19.8. The predicted molar refractivity (Wildman–Crippen MR) is 213 cm³/mol. The minimum atomic E-state index is -0.507. The number of hydrogen-bond acceptors (Lipinski definition) is 8. The summed E-state index contributed by atoms with van der Waals surface area (Å²) in [5.41, 5.74) is 6.45. The number of amides is 3. The van der Waals surface area contributed by atoms with Crippen LogP contribution in [0.25, 0.3) is 10.9 Å². The number of nitrogens with one attached hydrogen (secondary N) is 1. The van der Waals surface area contributed by atoms with Crippen molar-refractivity contribution in [3.8, 4) is 17.2 Å². The number of nitrogens with zero attached hydrogens (tertiary/aromatic N) is 4. The molecule has 2 aliphatic heterocycles. The van der Waals surface area contributed by atoms with Gasteiger partial charge in [-0.3, -0.25) is 29.3 Å². The van der Waals surface area contributed by atoms with Crippen molar-refractivity contribution in [2.75, 3.05) is 45.9 Å². The van der Waals surface area contributed by atoms with Gasteiger partial charge >= 0.3 is 0 Å². The summed E-state index contributed by atoms with van der Waals surface area (Å²) in [6.45, 7) is 4.45. The van der Waals surface area contributed by atoms with Gasteiger partial charge in [0.05, 0.1) is 18.2 Å². The molecule has 2 N–H and O–H groups in total. The summed E-state index contributed by atoms with van der Waals surface area (Å²) in [7, 11) is 1.79. The highest BCUT2D eigenvalue weighted by Gasteiger charge is 2.33. The summed E-state index contributed by atoms with van der Waals surface area (Å²) in [6, 6.07) is 30.7. The van der Waals surface area contributed by atoms with Crippen molar-refractivity contribution in [3.05, 3.63) is 119 Å². The van der Waals surface area contributed by atoms with Gasteiger partial charge in [-0.25, -0.2) is 0 Å². The number of aromatic hydroxyl groups is 1. The number of carbonyl (C=O) groups excluding carboxylic acids is 3. The van der Waals surface area contributed by atoms with Gasteiger partial charge in [0, 0.05) is 51.0 Å². The third kappa shape index (κ3) is 8.00. The Hall–Kier alpha value is -5.68. The monoisotopic (exact) mass is 755 g/mol. The molecule has 11 nitrogen and oxygen atoms in total. The molecular formula is C45H49N5O6. The number of phenols is 1. The number of imide groups is 1. The quantitative estimate of drug-likeness (QED) is 0.117. The van der Waals surface area contributed by atoms with Gasteiger partial charge in [-0.15, -0.1) is 0 Å². The molecular weight excluding hydrogens is 707 g/mol. The molecule has 11 heteroatoms. The molecule has 290 valence electrons. The molecule has 1 unspecified atom stereocenters. The Morgan fingerprint density at radius 1 is 0.857 bits per heavy atom. The summed E-state index contributed by atoms with van der Waals surface area (Å²) in [4.78, 5) is 41.6. The van der Waals surface area contributed by atoms with E-state index in [0.717, 1.165) is 62.0 Å². The number of unbranched alkanes of at least 4 members (excludes halogenated alkanes) is 1. The van der Waals surface area contributed by atoms with Crippen molar-refractivity contribution in [1.82, 2.24) is 24.9 Å². The lowest BCUT2D eigenvalue weighted by atomic mass is 9.69.